The molecule has 0 saturated heterocycles. The van der Waals surface area contributed by atoms with Gasteiger partial charge in [0.25, 0.3) is 0 Å². The first-order valence-electron chi connectivity index (χ1n) is 18.5. The number of para-hydroxylation sites is 3. The zero-order chi connectivity index (χ0) is 36.0. The van der Waals surface area contributed by atoms with Crippen molar-refractivity contribution in [2.24, 2.45) is 0 Å². The first-order chi connectivity index (χ1) is 27.3. The van der Waals surface area contributed by atoms with E-state index >= 15 is 0 Å². The van der Waals surface area contributed by atoms with Gasteiger partial charge in [-0.3, -0.25) is 0 Å². The molecule has 8 aromatic carbocycles. The SMILES string of the molecule is c1ccc(-c2ccc(-c3nc(-c4cc5sc6ccc(-n7c8ccccc8c8ccccc87)cc6c5c5ccccc45)nc4c3oc3ccccc34)cc2)cc1. The van der Waals surface area contributed by atoms with Crippen LogP contribution in [0.25, 0.3) is 114 Å². The monoisotopic (exact) mass is 719 g/mol. The van der Waals surface area contributed by atoms with E-state index in [0.717, 1.165) is 49.9 Å². The van der Waals surface area contributed by atoms with E-state index in [9.17, 15) is 0 Å². The number of hydrogen-bond acceptors (Lipinski definition) is 4. The van der Waals surface area contributed by atoms with Gasteiger partial charge in [-0.2, -0.15) is 0 Å². The summed E-state index contributed by atoms with van der Waals surface area (Å²) in [6, 6.07) is 62.5. The van der Waals surface area contributed by atoms with Crippen LogP contribution in [0.5, 0.6) is 0 Å². The summed E-state index contributed by atoms with van der Waals surface area (Å²) in [5, 5.41) is 8.32. The summed E-state index contributed by atoms with van der Waals surface area (Å²) in [5.41, 5.74) is 11.0. The van der Waals surface area contributed by atoms with Gasteiger partial charge in [-0.25, -0.2) is 9.97 Å². The van der Waals surface area contributed by atoms with Crippen LogP contribution in [0.15, 0.2) is 180 Å². The number of fused-ring (bicyclic) bond motifs is 11. The number of benzene rings is 8. The van der Waals surface area contributed by atoms with Gasteiger partial charge >= 0.3 is 0 Å². The van der Waals surface area contributed by atoms with Crippen LogP contribution in [0, 0.1) is 0 Å². The second kappa shape index (κ2) is 11.7. The standard InChI is InChI=1S/C50H29N3OS/c1-2-12-30(13-3-1)31-22-24-32(25-23-31)47-49-48(38-18-8-11-21-43(38)54-49)52-50(51-47)39-29-45-46(37-17-5-4-14-34(37)39)40-28-33(26-27-44(40)55-45)53-41-19-9-6-15-35(41)36-16-7-10-20-42(36)53/h1-29H. The largest absolute Gasteiger partial charge is 0.452 e. The molecule has 4 heterocycles. The van der Waals surface area contributed by atoms with Crippen LogP contribution in [0.1, 0.15) is 0 Å². The summed E-state index contributed by atoms with van der Waals surface area (Å²) in [6.07, 6.45) is 0. The van der Waals surface area contributed by atoms with Crippen molar-refractivity contribution in [3.05, 3.63) is 176 Å². The molecule has 0 fully saturated rings. The lowest BCUT2D eigenvalue weighted by Crippen LogP contribution is -1.95. The van der Waals surface area contributed by atoms with Gasteiger partial charge in [-0.05, 0) is 70.4 Å². The van der Waals surface area contributed by atoms with E-state index in [-0.39, 0.29) is 0 Å². The van der Waals surface area contributed by atoms with Crippen molar-refractivity contribution in [1.29, 1.82) is 0 Å². The summed E-state index contributed by atoms with van der Waals surface area (Å²) in [5.74, 6) is 0.683. The van der Waals surface area contributed by atoms with Crippen LogP contribution in [0.2, 0.25) is 0 Å². The Hall–Kier alpha value is -7.08. The van der Waals surface area contributed by atoms with Crippen LogP contribution < -0.4 is 0 Å². The molecule has 4 aromatic heterocycles. The molecule has 0 bridgehead atoms. The molecule has 0 N–H and O–H groups in total. The Morgan fingerprint density at radius 2 is 1.07 bits per heavy atom. The molecule has 0 amide bonds. The summed E-state index contributed by atoms with van der Waals surface area (Å²) < 4.78 is 11.4. The fourth-order valence-corrected chi connectivity index (χ4v) is 9.65. The molecule has 0 radical (unpaired) electrons. The summed E-state index contributed by atoms with van der Waals surface area (Å²) in [4.78, 5) is 10.7. The molecule has 12 aromatic rings. The summed E-state index contributed by atoms with van der Waals surface area (Å²) in [6.45, 7) is 0. The highest BCUT2D eigenvalue weighted by molar-refractivity contribution is 7.26. The Bertz CT molecular complexity index is 3430. The fourth-order valence-electron chi connectivity index (χ4n) is 8.51. The molecule has 0 aliphatic rings. The van der Waals surface area contributed by atoms with Crippen LogP contribution in [0.3, 0.4) is 0 Å². The maximum Gasteiger partial charge on any atom is 0.180 e. The molecular formula is C50H29N3OS. The minimum atomic E-state index is 0.683. The lowest BCUT2D eigenvalue weighted by molar-refractivity contribution is 0.667. The molecule has 0 unspecified atom stereocenters. The average molecular weight is 720 g/mol. The summed E-state index contributed by atoms with van der Waals surface area (Å²) >= 11 is 1.82. The molecule has 0 atom stereocenters. The molecule has 55 heavy (non-hydrogen) atoms. The van der Waals surface area contributed by atoms with Gasteiger partial charge in [0, 0.05) is 53.1 Å². The summed E-state index contributed by atoms with van der Waals surface area (Å²) in [7, 11) is 0. The second-order valence-electron chi connectivity index (χ2n) is 14.1. The second-order valence-corrected chi connectivity index (χ2v) is 15.2. The van der Waals surface area contributed by atoms with E-state index in [4.69, 9.17) is 14.4 Å². The van der Waals surface area contributed by atoms with Gasteiger partial charge in [-0.15, -0.1) is 11.3 Å². The highest BCUT2D eigenvalue weighted by Crippen LogP contribution is 2.45. The van der Waals surface area contributed by atoms with Gasteiger partial charge in [0.2, 0.25) is 0 Å². The van der Waals surface area contributed by atoms with Crippen molar-refractivity contribution in [1.82, 2.24) is 14.5 Å². The Kier molecular flexibility index (Phi) is 6.47. The molecule has 0 saturated carbocycles. The van der Waals surface area contributed by atoms with Crippen molar-refractivity contribution in [2.75, 3.05) is 0 Å². The topological polar surface area (TPSA) is 43.9 Å². The molecule has 0 aliphatic heterocycles. The van der Waals surface area contributed by atoms with Crippen LogP contribution >= 0.6 is 11.3 Å². The Morgan fingerprint density at radius 1 is 0.455 bits per heavy atom. The zero-order valence-electron chi connectivity index (χ0n) is 29.4. The van der Waals surface area contributed by atoms with Crippen molar-refractivity contribution < 1.29 is 4.42 Å². The first-order valence-corrected chi connectivity index (χ1v) is 19.3. The van der Waals surface area contributed by atoms with Gasteiger partial charge in [0.05, 0.1) is 11.0 Å². The highest BCUT2D eigenvalue weighted by atomic mass is 32.1. The molecular weight excluding hydrogens is 691 g/mol. The number of rotatable bonds is 4. The third-order valence-electron chi connectivity index (χ3n) is 11.0. The Morgan fingerprint density at radius 3 is 1.84 bits per heavy atom. The lowest BCUT2D eigenvalue weighted by Gasteiger charge is -2.11. The number of thiophene rings is 1. The number of hydrogen-bond donors (Lipinski definition) is 0. The minimum Gasteiger partial charge on any atom is -0.452 e. The van der Waals surface area contributed by atoms with E-state index < -0.39 is 0 Å². The maximum absolute atomic E-state index is 6.51. The predicted octanol–water partition coefficient (Wildman–Crippen LogP) is 14.0. The Labute approximate surface area is 319 Å². The highest BCUT2D eigenvalue weighted by Gasteiger charge is 2.22. The van der Waals surface area contributed by atoms with Crippen LogP contribution in [0.4, 0.5) is 0 Å². The molecule has 4 nitrogen and oxygen atoms in total. The normalized spacial score (nSPS) is 12.0. The van der Waals surface area contributed by atoms with Crippen LogP contribution in [-0.4, -0.2) is 14.5 Å². The van der Waals surface area contributed by atoms with Gasteiger partial charge in [-0.1, -0.05) is 127 Å². The average Bonchev–Trinajstić information content (AvgIpc) is 3.93. The van der Waals surface area contributed by atoms with Gasteiger partial charge in [0.1, 0.15) is 16.8 Å². The third kappa shape index (κ3) is 4.57. The van der Waals surface area contributed by atoms with E-state index in [1.807, 2.05) is 35.6 Å². The molecule has 0 aliphatic carbocycles. The fraction of sp³-hybridized carbons (Fsp3) is 0. The maximum atomic E-state index is 6.51. The van der Waals surface area contributed by atoms with E-state index in [1.54, 1.807) is 0 Å². The molecule has 5 heteroatoms. The number of furan rings is 1. The van der Waals surface area contributed by atoms with E-state index in [2.05, 4.69) is 156 Å². The molecule has 12 rings (SSSR count). The van der Waals surface area contributed by atoms with Gasteiger partial charge in [0.15, 0.2) is 11.4 Å². The number of nitrogens with zero attached hydrogens (tertiary/aromatic N) is 3. The first kappa shape index (κ1) is 30.4. The van der Waals surface area contributed by atoms with Crippen molar-refractivity contribution in [3.8, 4) is 39.5 Å². The number of aromatic nitrogens is 3. The van der Waals surface area contributed by atoms with E-state index in [1.165, 1.54) is 52.9 Å². The van der Waals surface area contributed by atoms with Crippen molar-refractivity contribution in [3.63, 3.8) is 0 Å². The minimum absolute atomic E-state index is 0.683. The third-order valence-corrected chi connectivity index (χ3v) is 12.1. The predicted molar refractivity (Wildman–Crippen MR) is 230 cm³/mol. The van der Waals surface area contributed by atoms with Crippen molar-refractivity contribution in [2.45, 2.75) is 0 Å². The zero-order valence-corrected chi connectivity index (χ0v) is 30.2. The Balaban J connectivity index is 1.09. The quantitative estimate of drug-likeness (QED) is 0.182. The lowest BCUT2D eigenvalue weighted by atomic mass is 9.98. The van der Waals surface area contributed by atoms with Crippen LogP contribution in [-0.2, 0) is 0 Å². The molecule has 0 spiro atoms. The van der Waals surface area contributed by atoms with Crippen molar-refractivity contribution >= 4 is 86.2 Å². The van der Waals surface area contributed by atoms with E-state index in [0.29, 0.717) is 11.4 Å². The smallest absolute Gasteiger partial charge is 0.180 e. The molecule has 256 valence electrons. The van der Waals surface area contributed by atoms with Gasteiger partial charge < -0.3 is 8.98 Å².